The second kappa shape index (κ2) is 6.75. The third-order valence-corrected chi connectivity index (χ3v) is 4.05. The maximum Gasteiger partial charge on any atom is 0.323 e. The maximum absolute atomic E-state index is 11.7. The fraction of sp³-hybridized carbons (Fsp3) is 0.846. The molecular weight excluding hydrogens is 246 g/mol. The molecule has 2 amide bonds. The number of carboxylic acid groups (broad SMARTS) is 1. The van der Waals surface area contributed by atoms with Crippen LogP contribution in [-0.4, -0.2) is 65.7 Å². The van der Waals surface area contributed by atoms with Gasteiger partial charge in [-0.25, -0.2) is 4.79 Å². The molecule has 0 spiro atoms. The summed E-state index contributed by atoms with van der Waals surface area (Å²) in [4.78, 5) is 26.4. The van der Waals surface area contributed by atoms with Crippen LogP contribution in [0.2, 0.25) is 0 Å². The predicted molar refractivity (Wildman–Crippen MR) is 71.1 cm³/mol. The van der Waals surface area contributed by atoms with Gasteiger partial charge in [0.2, 0.25) is 0 Å². The van der Waals surface area contributed by atoms with Crippen LogP contribution in [0, 0.1) is 0 Å². The van der Waals surface area contributed by atoms with E-state index < -0.39 is 5.97 Å². The first-order valence-electron chi connectivity index (χ1n) is 7.15. The molecule has 2 rings (SSSR count). The molecule has 2 saturated heterocycles. The van der Waals surface area contributed by atoms with Crippen molar-refractivity contribution in [3.05, 3.63) is 0 Å². The Morgan fingerprint density at radius 3 is 2.26 bits per heavy atom. The molecule has 0 atom stereocenters. The topological polar surface area (TPSA) is 72.9 Å². The number of nitrogens with zero attached hydrogens (tertiary/aromatic N) is 2. The minimum absolute atomic E-state index is 0.250. The Balaban J connectivity index is 1.72. The number of carboxylic acids is 1. The fourth-order valence-electron chi connectivity index (χ4n) is 2.98. The highest BCUT2D eigenvalue weighted by Gasteiger charge is 2.27. The van der Waals surface area contributed by atoms with Crippen molar-refractivity contribution in [2.45, 2.75) is 38.1 Å². The number of rotatable bonds is 3. The van der Waals surface area contributed by atoms with Crippen LogP contribution in [-0.2, 0) is 4.79 Å². The summed E-state index contributed by atoms with van der Waals surface area (Å²) >= 11 is 0. The number of hydrogen-bond donors (Lipinski definition) is 2. The van der Waals surface area contributed by atoms with E-state index in [0.717, 1.165) is 25.9 Å². The van der Waals surface area contributed by atoms with Crippen molar-refractivity contribution in [3.8, 4) is 0 Å². The Labute approximate surface area is 113 Å². The molecule has 2 aliphatic rings. The lowest BCUT2D eigenvalue weighted by Crippen LogP contribution is -2.51. The van der Waals surface area contributed by atoms with E-state index in [2.05, 4.69) is 10.2 Å². The molecule has 0 unspecified atom stereocenters. The first-order chi connectivity index (χ1) is 9.16. The van der Waals surface area contributed by atoms with Gasteiger partial charge in [0.25, 0.3) is 0 Å². The summed E-state index contributed by atoms with van der Waals surface area (Å²) in [6.45, 7) is 3.54. The van der Waals surface area contributed by atoms with E-state index in [4.69, 9.17) is 5.11 Å². The smallest absolute Gasteiger partial charge is 0.323 e. The van der Waals surface area contributed by atoms with Crippen LogP contribution in [0.4, 0.5) is 4.79 Å². The molecule has 2 heterocycles. The lowest BCUT2D eigenvalue weighted by atomic mass is 10.0. The Bertz CT molecular complexity index is 321. The van der Waals surface area contributed by atoms with E-state index in [1.54, 1.807) is 4.90 Å². The molecule has 2 fully saturated rings. The molecule has 0 aliphatic carbocycles. The second-order valence-electron chi connectivity index (χ2n) is 5.37. The molecule has 0 aromatic carbocycles. The Kier molecular flexibility index (Phi) is 5.01. The number of amides is 2. The summed E-state index contributed by atoms with van der Waals surface area (Å²) < 4.78 is 0. The number of aliphatic carboxylic acids is 1. The third-order valence-electron chi connectivity index (χ3n) is 4.05. The molecule has 2 N–H and O–H groups in total. The van der Waals surface area contributed by atoms with Crippen LogP contribution in [0.15, 0.2) is 0 Å². The van der Waals surface area contributed by atoms with Crippen LogP contribution >= 0.6 is 0 Å². The van der Waals surface area contributed by atoms with E-state index in [9.17, 15) is 9.59 Å². The lowest BCUT2D eigenvalue weighted by molar-refractivity contribution is -0.135. The standard InChI is InChI=1S/C13H23N3O3/c17-12(18)10-14-13(19)16-8-4-11(5-9-16)15-6-2-1-3-7-15/h11H,1-10H2,(H,14,19)(H,17,18). The van der Waals surface area contributed by atoms with Crippen LogP contribution < -0.4 is 5.32 Å². The highest BCUT2D eigenvalue weighted by molar-refractivity contribution is 5.79. The number of carbonyl (C=O) groups is 2. The molecule has 6 heteroatoms. The summed E-state index contributed by atoms with van der Waals surface area (Å²) in [5.74, 6) is -1.00. The number of likely N-dealkylation sites (tertiary alicyclic amines) is 2. The van der Waals surface area contributed by atoms with E-state index in [0.29, 0.717) is 6.04 Å². The third kappa shape index (κ3) is 4.09. The summed E-state index contributed by atoms with van der Waals surface area (Å²) in [7, 11) is 0. The van der Waals surface area contributed by atoms with E-state index in [1.807, 2.05) is 0 Å². The van der Waals surface area contributed by atoms with Crippen LogP contribution in [0.5, 0.6) is 0 Å². The van der Waals surface area contributed by atoms with Gasteiger partial charge in [-0.1, -0.05) is 6.42 Å². The van der Waals surface area contributed by atoms with Gasteiger partial charge in [-0.3, -0.25) is 4.79 Å². The summed E-state index contributed by atoms with van der Waals surface area (Å²) in [6, 6.07) is 0.350. The average molecular weight is 269 g/mol. The molecule has 0 bridgehead atoms. The number of piperidine rings is 2. The molecule has 108 valence electrons. The Morgan fingerprint density at radius 1 is 1.05 bits per heavy atom. The molecule has 6 nitrogen and oxygen atoms in total. The van der Waals surface area contributed by atoms with E-state index in [-0.39, 0.29) is 12.6 Å². The number of carbonyl (C=O) groups excluding carboxylic acids is 1. The minimum Gasteiger partial charge on any atom is -0.480 e. The second-order valence-corrected chi connectivity index (χ2v) is 5.37. The van der Waals surface area contributed by atoms with E-state index >= 15 is 0 Å². The quantitative estimate of drug-likeness (QED) is 0.792. The van der Waals surface area contributed by atoms with Gasteiger partial charge < -0.3 is 20.2 Å². The predicted octanol–water partition coefficient (Wildman–Crippen LogP) is 0.731. The highest BCUT2D eigenvalue weighted by Crippen LogP contribution is 2.20. The van der Waals surface area contributed by atoms with Gasteiger partial charge >= 0.3 is 12.0 Å². The first-order valence-corrected chi connectivity index (χ1v) is 7.15. The zero-order chi connectivity index (χ0) is 13.7. The Hall–Kier alpha value is -1.30. The van der Waals surface area contributed by atoms with Gasteiger partial charge in [0.05, 0.1) is 0 Å². The van der Waals surface area contributed by atoms with Crippen LogP contribution in [0.3, 0.4) is 0 Å². The molecule has 0 radical (unpaired) electrons. The normalized spacial score (nSPS) is 22.2. The number of nitrogens with one attached hydrogen (secondary N) is 1. The molecule has 2 aliphatic heterocycles. The van der Waals surface area contributed by atoms with Gasteiger partial charge in [0.15, 0.2) is 0 Å². The van der Waals surface area contributed by atoms with Gasteiger partial charge in [-0.05, 0) is 38.8 Å². The molecule has 0 saturated carbocycles. The fourth-order valence-corrected chi connectivity index (χ4v) is 2.98. The maximum atomic E-state index is 11.7. The SMILES string of the molecule is O=C(O)CNC(=O)N1CCC(N2CCCCC2)CC1. The van der Waals surface area contributed by atoms with Gasteiger partial charge in [0.1, 0.15) is 6.54 Å². The van der Waals surface area contributed by atoms with Crippen molar-refractivity contribution >= 4 is 12.0 Å². The molecule has 0 aromatic rings. The number of urea groups is 1. The minimum atomic E-state index is -1.00. The van der Waals surface area contributed by atoms with Gasteiger partial charge in [0, 0.05) is 19.1 Å². The summed E-state index contributed by atoms with van der Waals surface area (Å²) in [6.07, 6.45) is 5.92. The first kappa shape index (κ1) is 14.1. The van der Waals surface area contributed by atoms with Crippen molar-refractivity contribution in [2.75, 3.05) is 32.7 Å². The zero-order valence-corrected chi connectivity index (χ0v) is 11.3. The Morgan fingerprint density at radius 2 is 1.68 bits per heavy atom. The van der Waals surface area contributed by atoms with Crippen molar-refractivity contribution < 1.29 is 14.7 Å². The molecule has 0 aromatic heterocycles. The van der Waals surface area contributed by atoms with Crippen molar-refractivity contribution in [2.24, 2.45) is 0 Å². The van der Waals surface area contributed by atoms with Crippen molar-refractivity contribution in [1.82, 2.24) is 15.1 Å². The van der Waals surface area contributed by atoms with Gasteiger partial charge in [-0.15, -0.1) is 0 Å². The van der Waals surface area contributed by atoms with Crippen LogP contribution in [0.1, 0.15) is 32.1 Å². The monoisotopic (exact) mass is 269 g/mol. The van der Waals surface area contributed by atoms with Gasteiger partial charge in [-0.2, -0.15) is 0 Å². The van der Waals surface area contributed by atoms with Crippen molar-refractivity contribution in [3.63, 3.8) is 0 Å². The lowest BCUT2D eigenvalue weighted by Gasteiger charge is -2.40. The highest BCUT2D eigenvalue weighted by atomic mass is 16.4. The summed E-state index contributed by atoms with van der Waals surface area (Å²) in [5, 5.41) is 11.0. The number of hydrogen-bond acceptors (Lipinski definition) is 3. The van der Waals surface area contributed by atoms with Crippen molar-refractivity contribution in [1.29, 1.82) is 0 Å². The molecule has 19 heavy (non-hydrogen) atoms. The summed E-state index contributed by atoms with van der Waals surface area (Å²) in [5.41, 5.74) is 0. The molecular formula is C13H23N3O3. The van der Waals surface area contributed by atoms with Crippen LogP contribution in [0.25, 0.3) is 0 Å². The largest absolute Gasteiger partial charge is 0.480 e. The van der Waals surface area contributed by atoms with E-state index in [1.165, 1.54) is 32.4 Å². The average Bonchev–Trinajstić information content (AvgIpc) is 2.46. The zero-order valence-electron chi connectivity index (χ0n) is 11.3.